The minimum absolute atomic E-state index is 0.444. The Hall–Kier alpha value is -0.410. The van der Waals surface area contributed by atoms with Crippen molar-refractivity contribution in [1.82, 2.24) is 10.3 Å². The molecule has 68 valence electrons. The van der Waals surface area contributed by atoms with Gasteiger partial charge in [0.15, 0.2) is 0 Å². The molecule has 1 aromatic heterocycles. The quantitative estimate of drug-likeness (QED) is 0.777. The monoisotopic (exact) mass is 184 g/mol. The molecule has 12 heavy (non-hydrogen) atoms. The van der Waals surface area contributed by atoms with Crippen molar-refractivity contribution in [2.24, 2.45) is 0 Å². The van der Waals surface area contributed by atoms with E-state index >= 15 is 0 Å². The summed E-state index contributed by atoms with van der Waals surface area (Å²) in [6, 6.07) is 0.444. The minimum Gasteiger partial charge on any atom is -0.312 e. The third kappa shape index (κ3) is 2.29. The van der Waals surface area contributed by atoms with Gasteiger partial charge in [0, 0.05) is 5.38 Å². The molecule has 1 heterocycles. The molecule has 0 aliphatic carbocycles. The van der Waals surface area contributed by atoms with Crippen LogP contribution in [-0.4, -0.2) is 12.0 Å². The molecule has 1 atom stereocenters. The van der Waals surface area contributed by atoms with Gasteiger partial charge in [0.1, 0.15) is 0 Å². The van der Waals surface area contributed by atoms with Crippen LogP contribution in [0.4, 0.5) is 0 Å². The Balaban J connectivity index is 2.66. The van der Waals surface area contributed by atoms with Crippen molar-refractivity contribution in [3.63, 3.8) is 0 Å². The van der Waals surface area contributed by atoms with E-state index in [2.05, 4.69) is 22.6 Å². The van der Waals surface area contributed by atoms with E-state index in [1.165, 1.54) is 18.5 Å². The van der Waals surface area contributed by atoms with Crippen LogP contribution in [0, 0.1) is 6.92 Å². The van der Waals surface area contributed by atoms with Gasteiger partial charge in [-0.15, -0.1) is 11.3 Å². The summed E-state index contributed by atoms with van der Waals surface area (Å²) < 4.78 is 0. The maximum absolute atomic E-state index is 4.46. The van der Waals surface area contributed by atoms with Crippen LogP contribution in [0.5, 0.6) is 0 Å². The lowest BCUT2D eigenvalue weighted by molar-refractivity contribution is 0.530. The smallest absolute Gasteiger partial charge is 0.0898 e. The van der Waals surface area contributed by atoms with E-state index in [1.54, 1.807) is 11.3 Å². The van der Waals surface area contributed by atoms with Gasteiger partial charge in [-0.1, -0.05) is 13.3 Å². The lowest BCUT2D eigenvalue weighted by atomic mass is 10.1. The Labute approximate surface area is 78.0 Å². The van der Waals surface area contributed by atoms with Gasteiger partial charge >= 0.3 is 0 Å². The second-order valence-corrected chi connectivity index (χ2v) is 3.98. The summed E-state index contributed by atoms with van der Waals surface area (Å²) in [6.45, 7) is 4.25. The standard InChI is InChI=1S/C9H16N2S/c1-4-5-8(10-3)9-6-12-7(2)11-9/h6,8,10H,4-5H2,1-3H3/t8-/m0/s1. The molecule has 0 aliphatic heterocycles. The highest BCUT2D eigenvalue weighted by Gasteiger charge is 2.10. The molecule has 2 nitrogen and oxygen atoms in total. The third-order valence-electron chi connectivity index (χ3n) is 1.92. The summed E-state index contributed by atoms with van der Waals surface area (Å²) in [5.74, 6) is 0. The highest BCUT2D eigenvalue weighted by Crippen LogP contribution is 2.19. The molecule has 1 aromatic rings. The van der Waals surface area contributed by atoms with E-state index in [0.717, 1.165) is 5.01 Å². The molecule has 1 rings (SSSR count). The van der Waals surface area contributed by atoms with Crippen molar-refractivity contribution in [2.75, 3.05) is 7.05 Å². The normalized spacial score (nSPS) is 13.2. The first kappa shape index (κ1) is 9.68. The molecular formula is C9H16N2S. The summed E-state index contributed by atoms with van der Waals surface area (Å²) in [6.07, 6.45) is 2.36. The number of nitrogens with zero attached hydrogens (tertiary/aromatic N) is 1. The average molecular weight is 184 g/mol. The van der Waals surface area contributed by atoms with Gasteiger partial charge < -0.3 is 5.32 Å². The molecule has 0 saturated carbocycles. The van der Waals surface area contributed by atoms with E-state index in [1.807, 2.05) is 14.0 Å². The highest BCUT2D eigenvalue weighted by atomic mass is 32.1. The second-order valence-electron chi connectivity index (χ2n) is 2.92. The first-order valence-electron chi connectivity index (χ1n) is 4.37. The molecule has 0 amide bonds. The van der Waals surface area contributed by atoms with Crippen molar-refractivity contribution in [1.29, 1.82) is 0 Å². The number of aryl methyl sites for hydroxylation is 1. The molecule has 1 N–H and O–H groups in total. The van der Waals surface area contributed by atoms with Crippen LogP contribution in [0.15, 0.2) is 5.38 Å². The average Bonchev–Trinajstić information content (AvgIpc) is 2.47. The maximum atomic E-state index is 4.46. The van der Waals surface area contributed by atoms with Crippen molar-refractivity contribution >= 4 is 11.3 Å². The first-order valence-corrected chi connectivity index (χ1v) is 5.25. The largest absolute Gasteiger partial charge is 0.312 e. The zero-order valence-electron chi connectivity index (χ0n) is 7.92. The van der Waals surface area contributed by atoms with Crippen molar-refractivity contribution in [2.45, 2.75) is 32.7 Å². The van der Waals surface area contributed by atoms with Crippen molar-refractivity contribution in [3.05, 3.63) is 16.1 Å². The molecule has 0 aliphatic rings. The van der Waals surface area contributed by atoms with E-state index < -0.39 is 0 Å². The van der Waals surface area contributed by atoms with Crippen molar-refractivity contribution in [3.8, 4) is 0 Å². The maximum Gasteiger partial charge on any atom is 0.0898 e. The fourth-order valence-corrected chi connectivity index (χ4v) is 1.94. The molecule has 0 radical (unpaired) electrons. The number of rotatable bonds is 4. The van der Waals surface area contributed by atoms with Crippen LogP contribution in [0.1, 0.15) is 36.5 Å². The number of thiazole rings is 1. The van der Waals surface area contributed by atoms with Crippen LogP contribution in [-0.2, 0) is 0 Å². The number of hydrogen-bond donors (Lipinski definition) is 1. The molecule has 0 unspecified atom stereocenters. The topological polar surface area (TPSA) is 24.9 Å². The van der Waals surface area contributed by atoms with E-state index in [-0.39, 0.29) is 0 Å². The SMILES string of the molecule is CCC[C@H](NC)c1csc(C)n1. The van der Waals surface area contributed by atoms with Gasteiger partial charge in [0.25, 0.3) is 0 Å². The highest BCUT2D eigenvalue weighted by molar-refractivity contribution is 7.09. The Morgan fingerprint density at radius 1 is 1.67 bits per heavy atom. The Morgan fingerprint density at radius 3 is 2.83 bits per heavy atom. The summed E-state index contributed by atoms with van der Waals surface area (Å²) >= 11 is 1.72. The van der Waals surface area contributed by atoms with Gasteiger partial charge in [-0.2, -0.15) is 0 Å². The van der Waals surface area contributed by atoms with Crippen LogP contribution >= 0.6 is 11.3 Å². The van der Waals surface area contributed by atoms with E-state index in [0.29, 0.717) is 6.04 Å². The summed E-state index contributed by atoms with van der Waals surface area (Å²) in [5, 5.41) is 6.58. The summed E-state index contributed by atoms with van der Waals surface area (Å²) in [4.78, 5) is 4.46. The van der Waals surface area contributed by atoms with Gasteiger partial charge in [0.2, 0.25) is 0 Å². The fraction of sp³-hybridized carbons (Fsp3) is 0.667. The molecule has 0 fully saturated rings. The van der Waals surface area contributed by atoms with E-state index in [9.17, 15) is 0 Å². The molecule has 0 saturated heterocycles. The van der Waals surface area contributed by atoms with Crippen LogP contribution in [0.2, 0.25) is 0 Å². The number of nitrogens with one attached hydrogen (secondary N) is 1. The lowest BCUT2D eigenvalue weighted by Crippen LogP contribution is -2.16. The molecular weight excluding hydrogens is 168 g/mol. The Morgan fingerprint density at radius 2 is 2.42 bits per heavy atom. The van der Waals surface area contributed by atoms with Gasteiger partial charge in [-0.05, 0) is 20.4 Å². The fourth-order valence-electron chi connectivity index (χ4n) is 1.27. The molecule has 0 spiro atoms. The summed E-state index contributed by atoms with van der Waals surface area (Å²) in [5.41, 5.74) is 1.20. The predicted molar refractivity (Wildman–Crippen MR) is 53.6 cm³/mol. The summed E-state index contributed by atoms with van der Waals surface area (Å²) in [7, 11) is 2.00. The van der Waals surface area contributed by atoms with Crippen molar-refractivity contribution < 1.29 is 0 Å². The van der Waals surface area contributed by atoms with Gasteiger partial charge in [-0.3, -0.25) is 0 Å². The molecule has 0 aromatic carbocycles. The van der Waals surface area contributed by atoms with Crippen LogP contribution in [0.25, 0.3) is 0 Å². The van der Waals surface area contributed by atoms with Gasteiger partial charge in [0.05, 0.1) is 16.7 Å². The minimum atomic E-state index is 0.444. The lowest BCUT2D eigenvalue weighted by Gasteiger charge is -2.11. The Bertz CT molecular complexity index is 232. The number of aromatic nitrogens is 1. The zero-order valence-corrected chi connectivity index (χ0v) is 8.74. The predicted octanol–water partition coefficient (Wildman–Crippen LogP) is 2.51. The van der Waals surface area contributed by atoms with E-state index in [4.69, 9.17) is 0 Å². The third-order valence-corrected chi connectivity index (χ3v) is 2.71. The number of hydrogen-bond acceptors (Lipinski definition) is 3. The Kier molecular flexibility index (Phi) is 3.69. The molecule has 0 bridgehead atoms. The van der Waals surface area contributed by atoms with Gasteiger partial charge in [-0.25, -0.2) is 4.98 Å². The van der Waals surface area contributed by atoms with Crippen LogP contribution in [0.3, 0.4) is 0 Å². The van der Waals surface area contributed by atoms with Crippen LogP contribution < -0.4 is 5.32 Å². The molecule has 3 heteroatoms. The second kappa shape index (κ2) is 4.58. The zero-order chi connectivity index (χ0) is 8.97. The first-order chi connectivity index (χ1) is 5.77.